The van der Waals surface area contributed by atoms with Gasteiger partial charge in [0, 0.05) is 24.0 Å². The molecule has 0 saturated heterocycles. The Balaban J connectivity index is 2.18. The average Bonchev–Trinajstić information content (AvgIpc) is 2.93. The molecule has 1 heterocycles. The molecule has 4 nitrogen and oxygen atoms in total. The molecular weight excluding hydrogens is 276 g/mol. The molecule has 1 aromatic heterocycles. The van der Waals surface area contributed by atoms with Crippen LogP contribution < -0.4 is 10.1 Å². The van der Waals surface area contributed by atoms with Gasteiger partial charge in [0.25, 0.3) is 0 Å². The fourth-order valence-corrected chi connectivity index (χ4v) is 2.07. The molecule has 1 atom stereocenters. The number of hydrogen-bond acceptors (Lipinski definition) is 3. The Labute approximate surface area is 122 Å². The quantitative estimate of drug-likeness (QED) is 0.887. The molecule has 0 aliphatic heterocycles. The second-order valence-electron chi connectivity index (χ2n) is 4.87. The summed E-state index contributed by atoms with van der Waals surface area (Å²) in [5.74, 6) is 0.875. The number of aromatic nitrogens is 2. The summed E-state index contributed by atoms with van der Waals surface area (Å²) >= 11 is 0. The number of imidazole rings is 1. The van der Waals surface area contributed by atoms with Gasteiger partial charge in [-0.1, -0.05) is 17.7 Å². The Morgan fingerprint density at radius 2 is 2.14 bits per heavy atom. The van der Waals surface area contributed by atoms with Gasteiger partial charge < -0.3 is 10.1 Å². The van der Waals surface area contributed by atoms with E-state index < -0.39 is 6.55 Å². The van der Waals surface area contributed by atoms with Gasteiger partial charge in [0.1, 0.15) is 12.4 Å². The van der Waals surface area contributed by atoms with E-state index in [4.69, 9.17) is 4.74 Å². The number of nitrogens with one attached hydrogen (secondary N) is 1. The molecule has 1 aromatic carbocycles. The number of rotatable bonds is 6. The Bertz CT molecular complexity index is 598. The van der Waals surface area contributed by atoms with Gasteiger partial charge in [-0.2, -0.15) is 8.78 Å². The van der Waals surface area contributed by atoms with E-state index in [1.54, 1.807) is 0 Å². The van der Waals surface area contributed by atoms with Crippen molar-refractivity contribution in [2.75, 3.05) is 7.05 Å². The van der Waals surface area contributed by atoms with Crippen molar-refractivity contribution in [2.24, 2.45) is 0 Å². The predicted molar refractivity (Wildman–Crippen MR) is 76.5 cm³/mol. The van der Waals surface area contributed by atoms with Crippen molar-refractivity contribution < 1.29 is 13.5 Å². The highest BCUT2D eigenvalue weighted by atomic mass is 19.3. The molecule has 21 heavy (non-hydrogen) atoms. The van der Waals surface area contributed by atoms with Crippen LogP contribution in [0.15, 0.2) is 30.6 Å². The lowest BCUT2D eigenvalue weighted by molar-refractivity contribution is 0.0632. The van der Waals surface area contributed by atoms with E-state index in [0.29, 0.717) is 5.75 Å². The van der Waals surface area contributed by atoms with Crippen LogP contribution in [0.1, 0.15) is 36.5 Å². The standard InChI is InChI=1S/C15H19F2N3O/c1-10-4-5-13(12(8-10)11(2)18-3)21-9-14-19-6-7-20(14)15(16)17/h4-8,11,15,18H,9H2,1-3H3. The Morgan fingerprint density at radius 1 is 1.38 bits per heavy atom. The molecule has 0 aliphatic rings. The number of benzene rings is 1. The minimum absolute atomic E-state index is 0.00380. The van der Waals surface area contributed by atoms with Crippen LogP contribution in [-0.2, 0) is 6.61 Å². The number of alkyl halides is 2. The third kappa shape index (κ3) is 3.58. The van der Waals surface area contributed by atoms with E-state index in [9.17, 15) is 8.78 Å². The van der Waals surface area contributed by atoms with Crippen LogP contribution in [0, 0.1) is 6.92 Å². The van der Waals surface area contributed by atoms with Gasteiger partial charge >= 0.3 is 6.55 Å². The highest BCUT2D eigenvalue weighted by Crippen LogP contribution is 2.27. The summed E-state index contributed by atoms with van der Waals surface area (Å²) in [6.07, 6.45) is 2.59. The summed E-state index contributed by atoms with van der Waals surface area (Å²) in [7, 11) is 1.86. The van der Waals surface area contributed by atoms with Gasteiger partial charge in [-0.05, 0) is 27.0 Å². The normalized spacial score (nSPS) is 12.7. The zero-order chi connectivity index (χ0) is 15.4. The molecule has 2 aromatic rings. The monoisotopic (exact) mass is 295 g/mol. The lowest BCUT2D eigenvalue weighted by Gasteiger charge is -2.17. The molecule has 0 saturated carbocycles. The van der Waals surface area contributed by atoms with Gasteiger partial charge in [-0.3, -0.25) is 4.57 Å². The summed E-state index contributed by atoms with van der Waals surface area (Å²) in [5.41, 5.74) is 2.11. The molecule has 0 radical (unpaired) electrons. The molecule has 0 amide bonds. The number of halogens is 2. The van der Waals surface area contributed by atoms with E-state index in [-0.39, 0.29) is 18.5 Å². The maximum absolute atomic E-state index is 12.8. The Morgan fingerprint density at radius 3 is 2.81 bits per heavy atom. The van der Waals surface area contributed by atoms with Crippen LogP contribution in [-0.4, -0.2) is 16.6 Å². The van der Waals surface area contributed by atoms with E-state index in [1.165, 1.54) is 12.4 Å². The van der Waals surface area contributed by atoms with Crippen molar-refractivity contribution in [3.8, 4) is 5.75 Å². The van der Waals surface area contributed by atoms with Gasteiger partial charge in [0.15, 0.2) is 5.82 Å². The fraction of sp³-hybridized carbons (Fsp3) is 0.400. The second kappa shape index (κ2) is 6.67. The molecule has 6 heteroatoms. The van der Waals surface area contributed by atoms with Crippen molar-refractivity contribution in [2.45, 2.75) is 33.0 Å². The fourth-order valence-electron chi connectivity index (χ4n) is 2.07. The maximum Gasteiger partial charge on any atom is 0.320 e. The van der Waals surface area contributed by atoms with Crippen LogP contribution >= 0.6 is 0 Å². The van der Waals surface area contributed by atoms with Crippen LogP contribution in [0.4, 0.5) is 8.78 Å². The molecular formula is C15H19F2N3O. The number of ether oxygens (including phenoxy) is 1. The summed E-state index contributed by atoms with van der Waals surface area (Å²) in [6.45, 7) is 1.41. The highest BCUT2D eigenvalue weighted by molar-refractivity contribution is 5.39. The zero-order valence-electron chi connectivity index (χ0n) is 12.3. The number of nitrogens with zero attached hydrogens (tertiary/aromatic N) is 2. The number of aryl methyl sites for hydroxylation is 1. The first kappa shape index (κ1) is 15.4. The summed E-state index contributed by atoms with van der Waals surface area (Å²) in [6, 6.07) is 5.92. The maximum atomic E-state index is 12.8. The molecule has 0 fully saturated rings. The first-order chi connectivity index (χ1) is 10.0. The third-order valence-corrected chi connectivity index (χ3v) is 3.38. The van der Waals surface area contributed by atoms with Crippen molar-refractivity contribution >= 4 is 0 Å². The minimum atomic E-state index is -2.61. The minimum Gasteiger partial charge on any atom is -0.485 e. The van der Waals surface area contributed by atoms with Crippen LogP contribution in [0.5, 0.6) is 5.75 Å². The molecule has 1 N–H and O–H groups in total. The van der Waals surface area contributed by atoms with E-state index in [2.05, 4.69) is 10.3 Å². The third-order valence-electron chi connectivity index (χ3n) is 3.38. The molecule has 114 valence electrons. The molecule has 2 rings (SSSR count). The van der Waals surface area contributed by atoms with Crippen molar-refractivity contribution in [3.63, 3.8) is 0 Å². The smallest absolute Gasteiger partial charge is 0.320 e. The average molecular weight is 295 g/mol. The Hall–Kier alpha value is -1.95. The van der Waals surface area contributed by atoms with Crippen molar-refractivity contribution in [1.82, 2.24) is 14.9 Å². The lowest BCUT2D eigenvalue weighted by atomic mass is 10.0. The topological polar surface area (TPSA) is 39.1 Å². The lowest BCUT2D eigenvalue weighted by Crippen LogP contribution is -2.14. The first-order valence-corrected chi connectivity index (χ1v) is 6.73. The van der Waals surface area contributed by atoms with Crippen LogP contribution in [0.2, 0.25) is 0 Å². The summed E-state index contributed by atoms with van der Waals surface area (Å²) in [5, 5.41) is 3.15. The van der Waals surface area contributed by atoms with E-state index in [0.717, 1.165) is 15.7 Å². The second-order valence-corrected chi connectivity index (χ2v) is 4.87. The molecule has 0 aliphatic carbocycles. The summed E-state index contributed by atoms with van der Waals surface area (Å²) < 4.78 is 32.0. The van der Waals surface area contributed by atoms with E-state index >= 15 is 0 Å². The van der Waals surface area contributed by atoms with Gasteiger partial charge in [-0.15, -0.1) is 0 Å². The van der Waals surface area contributed by atoms with E-state index in [1.807, 2.05) is 39.1 Å². The summed E-state index contributed by atoms with van der Waals surface area (Å²) in [4.78, 5) is 3.91. The van der Waals surface area contributed by atoms with Crippen molar-refractivity contribution in [1.29, 1.82) is 0 Å². The predicted octanol–water partition coefficient (Wildman–Crippen LogP) is 3.45. The first-order valence-electron chi connectivity index (χ1n) is 6.73. The molecule has 0 bridgehead atoms. The highest BCUT2D eigenvalue weighted by Gasteiger charge is 2.14. The van der Waals surface area contributed by atoms with Crippen LogP contribution in [0.25, 0.3) is 0 Å². The van der Waals surface area contributed by atoms with Crippen molar-refractivity contribution in [3.05, 3.63) is 47.5 Å². The molecule has 1 unspecified atom stereocenters. The van der Waals surface area contributed by atoms with Gasteiger partial charge in [-0.25, -0.2) is 4.98 Å². The number of hydrogen-bond donors (Lipinski definition) is 1. The SMILES string of the molecule is CNC(C)c1cc(C)ccc1OCc1nccn1C(F)F. The van der Waals surface area contributed by atoms with Gasteiger partial charge in [0.2, 0.25) is 0 Å². The Kier molecular flexibility index (Phi) is 4.90. The zero-order valence-corrected chi connectivity index (χ0v) is 12.3. The van der Waals surface area contributed by atoms with Gasteiger partial charge in [0.05, 0.1) is 0 Å². The molecule has 0 spiro atoms. The van der Waals surface area contributed by atoms with Crippen LogP contribution in [0.3, 0.4) is 0 Å². The largest absolute Gasteiger partial charge is 0.485 e.